The fourth-order valence-electron chi connectivity index (χ4n) is 2.54. The fourth-order valence-corrected chi connectivity index (χ4v) is 2.54. The molecule has 1 aromatic carbocycles. The topological polar surface area (TPSA) is 17.1 Å². The maximum atomic E-state index is 11.4. The molecule has 0 aromatic heterocycles. The van der Waals surface area contributed by atoms with Crippen LogP contribution in [0.4, 0.5) is 0 Å². The van der Waals surface area contributed by atoms with E-state index in [-0.39, 0.29) is 0 Å². The molecule has 1 aromatic rings. The monoisotopic (exact) mass is 274 g/mol. The van der Waals surface area contributed by atoms with Gasteiger partial charge in [0.1, 0.15) is 0 Å². The van der Waals surface area contributed by atoms with E-state index in [4.69, 9.17) is 0 Å². The lowest BCUT2D eigenvalue weighted by Gasteiger charge is -2.17. The van der Waals surface area contributed by atoms with Crippen LogP contribution in [-0.2, 0) is 4.79 Å². The number of aldehydes is 1. The lowest BCUT2D eigenvalue weighted by molar-refractivity contribution is -0.104. The summed E-state index contributed by atoms with van der Waals surface area (Å²) in [5, 5.41) is 0. The van der Waals surface area contributed by atoms with Crippen LogP contribution >= 0.6 is 0 Å². The third-order valence-corrected chi connectivity index (χ3v) is 3.62. The van der Waals surface area contributed by atoms with Crippen molar-refractivity contribution in [2.45, 2.75) is 34.1 Å². The Morgan fingerprint density at radius 3 is 2.57 bits per heavy atom. The van der Waals surface area contributed by atoms with Crippen LogP contribution in [0.15, 0.2) is 46.4 Å². The fraction of sp³-hybridized carbons (Fsp3) is 0.250. The smallest absolute Gasteiger partial charge is 0.159 e. The Kier molecular flexibility index (Phi) is 4.46. The Bertz CT molecular complexity index is 794. The number of aryl methyl sites for hydroxylation is 2. The van der Waals surface area contributed by atoms with Crippen molar-refractivity contribution < 1.29 is 4.79 Å². The summed E-state index contributed by atoms with van der Waals surface area (Å²) in [7, 11) is 0. The second-order valence-corrected chi connectivity index (χ2v) is 5.18. The first-order valence-corrected chi connectivity index (χ1v) is 6.97. The largest absolute Gasteiger partial charge is 0.297 e. The van der Waals surface area contributed by atoms with Crippen molar-refractivity contribution in [3.05, 3.63) is 63.1 Å². The molecule has 0 amide bonds. The number of carbonyl (C=O) groups is 1. The second kappa shape index (κ2) is 6.29. The van der Waals surface area contributed by atoms with Crippen LogP contribution in [0.25, 0.3) is 5.57 Å². The third kappa shape index (κ3) is 2.99. The van der Waals surface area contributed by atoms with E-state index < -0.39 is 0 Å². The van der Waals surface area contributed by atoms with E-state index in [2.05, 4.69) is 55.3 Å². The van der Waals surface area contributed by atoms with Crippen molar-refractivity contribution in [2.75, 3.05) is 0 Å². The highest BCUT2D eigenvalue weighted by atomic mass is 16.1. The lowest BCUT2D eigenvalue weighted by atomic mass is 9.85. The number of allylic oxidation sites excluding steroid dienone is 4. The molecule has 0 saturated carbocycles. The van der Waals surface area contributed by atoms with Gasteiger partial charge in [0.05, 0.1) is 5.57 Å². The zero-order chi connectivity index (χ0) is 15.4. The Morgan fingerprint density at radius 1 is 1.19 bits per heavy atom. The molecule has 0 bridgehead atoms. The molecule has 104 valence electrons. The van der Waals surface area contributed by atoms with Gasteiger partial charge in [0.25, 0.3) is 0 Å². The summed E-state index contributed by atoms with van der Waals surface area (Å²) in [4.78, 5) is 11.4. The molecule has 1 heteroatoms. The van der Waals surface area contributed by atoms with Gasteiger partial charge in [-0.2, -0.15) is 0 Å². The van der Waals surface area contributed by atoms with Gasteiger partial charge >= 0.3 is 0 Å². The van der Waals surface area contributed by atoms with Crippen LogP contribution in [0.5, 0.6) is 0 Å². The molecule has 1 nitrogen and oxygen atoms in total. The van der Waals surface area contributed by atoms with Crippen molar-refractivity contribution in [1.29, 1.82) is 0 Å². The van der Waals surface area contributed by atoms with Crippen LogP contribution in [0.3, 0.4) is 0 Å². The third-order valence-electron chi connectivity index (χ3n) is 3.62. The maximum absolute atomic E-state index is 11.4. The van der Waals surface area contributed by atoms with Gasteiger partial charge < -0.3 is 0 Å². The van der Waals surface area contributed by atoms with Crippen LogP contribution in [-0.4, -0.2) is 6.29 Å². The average molecular weight is 274 g/mol. The lowest BCUT2D eigenvalue weighted by Crippen LogP contribution is -2.02. The van der Waals surface area contributed by atoms with Gasteiger partial charge in [0.2, 0.25) is 0 Å². The first kappa shape index (κ1) is 14.9. The predicted molar refractivity (Wildman–Crippen MR) is 86.7 cm³/mol. The van der Waals surface area contributed by atoms with Crippen molar-refractivity contribution in [3.63, 3.8) is 0 Å². The Morgan fingerprint density at radius 2 is 1.95 bits per heavy atom. The van der Waals surface area contributed by atoms with E-state index in [0.29, 0.717) is 12.0 Å². The highest BCUT2D eigenvalue weighted by Crippen LogP contribution is 2.34. The van der Waals surface area contributed by atoms with Crippen molar-refractivity contribution >= 4 is 11.9 Å². The highest BCUT2D eigenvalue weighted by Gasteiger charge is 2.18. The summed E-state index contributed by atoms with van der Waals surface area (Å²) < 4.78 is 0. The van der Waals surface area contributed by atoms with E-state index in [0.717, 1.165) is 34.1 Å². The first-order chi connectivity index (χ1) is 10.1. The number of carbonyl (C=O) groups excluding carboxylic acids is 1. The normalized spacial score (nSPS) is 13.3. The number of hydrogen-bond acceptors (Lipinski definition) is 1. The van der Waals surface area contributed by atoms with E-state index in [1.165, 1.54) is 5.56 Å². The van der Waals surface area contributed by atoms with Crippen molar-refractivity contribution in [2.24, 2.45) is 0 Å². The Hall–Kier alpha value is -2.51. The molecule has 0 unspecified atom stereocenters. The maximum Gasteiger partial charge on any atom is 0.159 e. The van der Waals surface area contributed by atoms with Gasteiger partial charge in [-0.25, -0.2) is 0 Å². The minimum Gasteiger partial charge on any atom is -0.297 e. The number of benzene rings is 1. The molecular formula is C20H18O. The van der Waals surface area contributed by atoms with Crippen LogP contribution in [0.2, 0.25) is 0 Å². The number of hydrogen-bond donors (Lipinski definition) is 0. The molecule has 1 aliphatic rings. The highest BCUT2D eigenvalue weighted by molar-refractivity contribution is 6.01. The summed E-state index contributed by atoms with van der Waals surface area (Å²) >= 11 is 0. The summed E-state index contributed by atoms with van der Waals surface area (Å²) in [6.07, 6.45) is 1.48. The van der Waals surface area contributed by atoms with Crippen molar-refractivity contribution in [1.82, 2.24) is 0 Å². The van der Waals surface area contributed by atoms with Crippen LogP contribution < -0.4 is 0 Å². The molecule has 0 heterocycles. The van der Waals surface area contributed by atoms with E-state index in [1.807, 2.05) is 13.8 Å². The first-order valence-electron chi connectivity index (χ1n) is 6.97. The molecule has 1 aliphatic carbocycles. The van der Waals surface area contributed by atoms with Gasteiger partial charge in [0, 0.05) is 17.6 Å². The Labute approximate surface area is 126 Å². The van der Waals surface area contributed by atoms with Gasteiger partial charge in [0.15, 0.2) is 6.29 Å². The molecular weight excluding hydrogens is 256 g/mol. The minimum atomic E-state index is 0.556. The van der Waals surface area contributed by atoms with Crippen LogP contribution in [0, 0.1) is 25.7 Å². The summed E-state index contributed by atoms with van der Waals surface area (Å²) in [6, 6.07) is 6.27. The molecule has 0 atom stereocenters. The summed E-state index contributed by atoms with van der Waals surface area (Å²) in [5.74, 6) is 6.02. The molecule has 2 rings (SSSR count). The Balaban J connectivity index is 2.73. The van der Waals surface area contributed by atoms with Gasteiger partial charge in [-0.1, -0.05) is 41.1 Å². The summed E-state index contributed by atoms with van der Waals surface area (Å²) in [5.41, 5.74) is 13.0. The van der Waals surface area contributed by atoms with E-state index >= 15 is 0 Å². The molecule has 0 saturated heterocycles. The molecule has 0 aliphatic heterocycles. The standard InChI is InChI=1S/C20H18O/c1-5-6-7-18-15(3)9-10-17(13-21)20(18)19-11-8-14(2)12-16(19)4/h8,11-13H,7H2,1-4H3. The van der Waals surface area contributed by atoms with Crippen LogP contribution in [0.1, 0.15) is 37.0 Å². The van der Waals surface area contributed by atoms with Gasteiger partial charge in [-0.15, -0.1) is 5.92 Å². The van der Waals surface area contributed by atoms with Gasteiger partial charge in [-0.3, -0.25) is 4.79 Å². The van der Waals surface area contributed by atoms with E-state index in [1.54, 1.807) is 0 Å². The molecule has 0 N–H and O–H groups in total. The quantitative estimate of drug-likeness (QED) is 0.456. The van der Waals surface area contributed by atoms with E-state index in [9.17, 15) is 4.79 Å². The molecule has 21 heavy (non-hydrogen) atoms. The minimum absolute atomic E-state index is 0.556. The van der Waals surface area contributed by atoms with Gasteiger partial charge in [-0.05, 0) is 44.4 Å². The number of rotatable bonds is 3. The second-order valence-electron chi connectivity index (χ2n) is 5.18. The average Bonchev–Trinajstić information content (AvgIpc) is 2.46. The predicted octanol–water partition coefficient (Wildman–Crippen LogP) is 4.31. The zero-order valence-corrected chi connectivity index (χ0v) is 12.9. The summed E-state index contributed by atoms with van der Waals surface area (Å²) in [6.45, 7) is 7.95. The molecule has 0 radical (unpaired) electrons. The molecule has 0 fully saturated rings. The molecule has 0 spiro atoms. The zero-order valence-electron chi connectivity index (χ0n) is 12.9. The SMILES string of the molecule is CC#CCC1=C(c2ccc(C)cc2C)C(C=O)=C=C=C1C. The van der Waals surface area contributed by atoms with Crippen molar-refractivity contribution in [3.8, 4) is 11.8 Å².